The maximum atomic E-state index is 6.23. The lowest BCUT2D eigenvalue weighted by Crippen LogP contribution is -2.50. The number of benzene rings is 2. The minimum absolute atomic E-state index is 0.774. The van der Waals surface area contributed by atoms with Gasteiger partial charge in [0.25, 0.3) is 0 Å². The first kappa shape index (κ1) is 9.95. The number of nitrogen functional groups attached to an aromatic ring is 1. The van der Waals surface area contributed by atoms with Crippen LogP contribution in [0.5, 0.6) is 0 Å². The molecule has 2 aromatic carbocycles. The molecule has 0 unspecified atom stereocenters. The van der Waals surface area contributed by atoms with Gasteiger partial charge in [-0.3, -0.25) is 0 Å². The second-order valence-corrected chi connectivity index (χ2v) is 5.39. The van der Waals surface area contributed by atoms with Crippen LogP contribution in [0.4, 0.5) is 5.69 Å². The third-order valence-corrected chi connectivity index (χ3v) is 4.17. The van der Waals surface area contributed by atoms with Crippen LogP contribution in [0.1, 0.15) is 0 Å². The van der Waals surface area contributed by atoms with Gasteiger partial charge in [-0.05, 0) is 22.5 Å². The molecule has 15 heavy (non-hydrogen) atoms. The van der Waals surface area contributed by atoms with Gasteiger partial charge in [-0.25, -0.2) is 0 Å². The summed E-state index contributed by atoms with van der Waals surface area (Å²) in [6.07, 6.45) is 0. The molecule has 0 amide bonds. The van der Waals surface area contributed by atoms with E-state index in [1.165, 1.54) is 5.19 Å². The molecule has 0 saturated heterocycles. The maximum Gasteiger partial charge on any atom is 0.203 e. The van der Waals surface area contributed by atoms with E-state index in [0.717, 1.165) is 10.9 Å². The van der Waals surface area contributed by atoms with Gasteiger partial charge in [-0.15, -0.1) is 0 Å². The first-order chi connectivity index (χ1) is 7.27. The Kier molecular flexibility index (Phi) is 2.85. The van der Waals surface area contributed by atoms with E-state index < -0.39 is 8.96 Å². The van der Waals surface area contributed by atoms with Crippen molar-refractivity contribution in [3.63, 3.8) is 0 Å². The quantitative estimate of drug-likeness (QED) is 0.558. The zero-order valence-electron chi connectivity index (χ0n) is 8.35. The van der Waals surface area contributed by atoms with Gasteiger partial charge in [0.15, 0.2) is 0 Å². The molecule has 2 aromatic rings. The first-order valence-corrected chi connectivity index (χ1v) is 6.39. The molecule has 4 N–H and O–H groups in total. The second-order valence-electron chi connectivity index (χ2n) is 3.41. The lowest BCUT2D eigenvalue weighted by atomic mass is 10.3. The summed E-state index contributed by atoms with van der Waals surface area (Å²) >= 11 is 0. The van der Waals surface area contributed by atoms with Gasteiger partial charge in [0, 0.05) is 5.69 Å². The Morgan fingerprint density at radius 1 is 0.800 bits per heavy atom. The van der Waals surface area contributed by atoms with E-state index in [1.807, 2.05) is 42.5 Å². The molecule has 75 valence electrons. The van der Waals surface area contributed by atoms with Gasteiger partial charge in [0.05, 0.1) is 0 Å². The molecule has 0 heterocycles. The summed E-state index contributed by atoms with van der Waals surface area (Å²) in [7, 11) is -1.15. The van der Waals surface area contributed by atoms with Crippen LogP contribution in [-0.2, 0) is 0 Å². The molecular formula is C12H13N2Si. The fraction of sp³-hybridized carbons (Fsp3) is 0. The molecule has 0 aliphatic rings. The molecule has 0 spiro atoms. The van der Waals surface area contributed by atoms with Crippen LogP contribution >= 0.6 is 0 Å². The molecule has 2 nitrogen and oxygen atoms in total. The minimum Gasteiger partial charge on any atom is -0.399 e. The number of hydrogen-bond donors (Lipinski definition) is 2. The molecule has 3 heteroatoms. The Morgan fingerprint density at radius 3 is 2.13 bits per heavy atom. The highest BCUT2D eigenvalue weighted by Gasteiger charge is 2.11. The van der Waals surface area contributed by atoms with Crippen LogP contribution < -0.4 is 21.5 Å². The molecule has 0 atom stereocenters. The van der Waals surface area contributed by atoms with Crippen LogP contribution in [0.2, 0.25) is 0 Å². The van der Waals surface area contributed by atoms with Gasteiger partial charge >= 0.3 is 0 Å². The van der Waals surface area contributed by atoms with Gasteiger partial charge in [0.2, 0.25) is 8.96 Å². The summed E-state index contributed by atoms with van der Waals surface area (Å²) in [6, 6.07) is 18.0. The zero-order valence-corrected chi connectivity index (χ0v) is 9.35. The Bertz CT molecular complexity index is 442. The van der Waals surface area contributed by atoms with Gasteiger partial charge in [-0.2, -0.15) is 0 Å². The highest BCUT2D eigenvalue weighted by atomic mass is 28.3. The van der Waals surface area contributed by atoms with Crippen molar-refractivity contribution < 1.29 is 0 Å². The molecule has 2 rings (SSSR count). The van der Waals surface area contributed by atoms with E-state index in [-0.39, 0.29) is 0 Å². The van der Waals surface area contributed by atoms with Crippen molar-refractivity contribution >= 4 is 25.0 Å². The lowest BCUT2D eigenvalue weighted by molar-refractivity contribution is 1.68. The normalized spacial score (nSPS) is 10.5. The molecule has 0 bridgehead atoms. The minimum atomic E-state index is -1.15. The fourth-order valence-electron chi connectivity index (χ4n) is 1.49. The molecule has 0 aliphatic carbocycles. The predicted molar refractivity (Wildman–Crippen MR) is 66.5 cm³/mol. The number of anilines is 1. The SMILES string of the molecule is Nc1cccc([Si](N)c2ccccc2)c1. The number of hydrogen-bond acceptors (Lipinski definition) is 2. The Balaban J connectivity index is 2.32. The number of rotatable bonds is 2. The van der Waals surface area contributed by atoms with Crippen molar-refractivity contribution in [2.24, 2.45) is 5.40 Å². The smallest absolute Gasteiger partial charge is 0.203 e. The standard InChI is InChI=1S/C12H13N2Si/c13-10-5-4-8-12(9-10)15(14)11-6-2-1-3-7-11/h1-9H,13-14H2. The van der Waals surface area contributed by atoms with Crippen molar-refractivity contribution in [2.75, 3.05) is 5.73 Å². The molecular weight excluding hydrogens is 200 g/mol. The van der Waals surface area contributed by atoms with E-state index in [2.05, 4.69) is 12.1 Å². The summed E-state index contributed by atoms with van der Waals surface area (Å²) in [5, 5.41) is 8.58. The Labute approximate surface area is 91.2 Å². The summed E-state index contributed by atoms with van der Waals surface area (Å²) in [6.45, 7) is 0. The van der Waals surface area contributed by atoms with Crippen molar-refractivity contribution in [3.8, 4) is 0 Å². The summed E-state index contributed by atoms with van der Waals surface area (Å²) in [5.41, 5.74) is 6.51. The van der Waals surface area contributed by atoms with Crippen LogP contribution in [0.15, 0.2) is 54.6 Å². The molecule has 0 fully saturated rings. The predicted octanol–water partition coefficient (Wildman–Crippen LogP) is 0.333. The molecule has 0 aliphatic heterocycles. The highest BCUT2D eigenvalue weighted by Crippen LogP contribution is 1.97. The topological polar surface area (TPSA) is 52.0 Å². The van der Waals surface area contributed by atoms with E-state index >= 15 is 0 Å². The average Bonchev–Trinajstić information content (AvgIpc) is 2.29. The summed E-state index contributed by atoms with van der Waals surface area (Å²) in [5.74, 6) is 0. The van der Waals surface area contributed by atoms with Crippen molar-refractivity contribution in [1.82, 2.24) is 0 Å². The van der Waals surface area contributed by atoms with E-state index in [9.17, 15) is 0 Å². The first-order valence-electron chi connectivity index (χ1n) is 4.81. The van der Waals surface area contributed by atoms with Crippen LogP contribution in [0.3, 0.4) is 0 Å². The van der Waals surface area contributed by atoms with Crippen LogP contribution in [0.25, 0.3) is 0 Å². The summed E-state index contributed by atoms with van der Waals surface area (Å²) < 4.78 is 0. The van der Waals surface area contributed by atoms with Crippen molar-refractivity contribution in [3.05, 3.63) is 54.6 Å². The highest BCUT2D eigenvalue weighted by molar-refractivity contribution is 6.82. The largest absolute Gasteiger partial charge is 0.399 e. The van der Waals surface area contributed by atoms with Crippen LogP contribution in [0, 0.1) is 0 Å². The second kappa shape index (κ2) is 4.29. The van der Waals surface area contributed by atoms with Crippen molar-refractivity contribution in [2.45, 2.75) is 0 Å². The zero-order chi connectivity index (χ0) is 10.7. The monoisotopic (exact) mass is 213 g/mol. The van der Waals surface area contributed by atoms with Gasteiger partial charge in [0.1, 0.15) is 0 Å². The number of nitrogens with two attached hydrogens (primary N) is 2. The average molecular weight is 213 g/mol. The maximum absolute atomic E-state index is 6.23. The Morgan fingerprint density at radius 2 is 1.47 bits per heavy atom. The van der Waals surface area contributed by atoms with E-state index in [1.54, 1.807) is 0 Å². The van der Waals surface area contributed by atoms with E-state index in [4.69, 9.17) is 11.1 Å². The molecule has 0 saturated carbocycles. The van der Waals surface area contributed by atoms with Gasteiger partial charge < -0.3 is 11.1 Å². The molecule has 1 radical (unpaired) electrons. The fourth-order valence-corrected chi connectivity index (χ4v) is 2.97. The Hall–Kier alpha value is -1.58. The third kappa shape index (κ3) is 2.26. The summed E-state index contributed by atoms with van der Waals surface area (Å²) in [4.78, 5) is 0. The third-order valence-electron chi connectivity index (χ3n) is 2.28. The lowest BCUT2D eigenvalue weighted by Gasteiger charge is -2.09. The van der Waals surface area contributed by atoms with Gasteiger partial charge in [-0.1, -0.05) is 42.5 Å². The van der Waals surface area contributed by atoms with E-state index in [0.29, 0.717) is 0 Å². The molecule has 0 aromatic heterocycles. The van der Waals surface area contributed by atoms with Crippen LogP contribution in [-0.4, -0.2) is 8.96 Å². The van der Waals surface area contributed by atoms with Crippen molar-refractivity contribution in [1.29, 1.82) is 0 Å².